The van der Waals surface area contributed by atoms with Crippen molar-refractivity contribution in [3.05, 3.63) is 30.3 Å². The Bertz CT molecular complexity index is 537. The van der Waals surface area contributed by atoms with Crippen molar-refractivity contribution in [2.75, 3.05) is 6.16 Å². The smallest absolute Gasteiger partial charge is 0.320 e. The second-order valence-corrected chi connectivity index (χ2v) is 9.25. The lowest BCUT2D eigenvalue weighted by Crippen LogP contribution is -2.34. The zero-order chi connectivity index (χ0) is 17.3. The molecule has 0 aliphatic rings. The van der Waals surface area contributed by atoms with Crippen molar-refractivity contribution in [2.45, 2.75) is 26.3 Å². The van der Waals surface area contributed by atoms with Crippen LogP contribution >= 0.6 is 29.3 Å². The zero-order valence-electron chi connectivity index (χ0n) is 12.4. The Hall–Kier alpha value is -0.870. The summed E-state index contributed by atoms with van der Waals surface area (Å²) in [5.74, 6) is -0.910. The number of carbonyl (C=O) groups is 2. The van der Waals surface area contributed by atoms with Gasteiger partial charge >= 0.3 is 5.97 Å². The van der Waals surface area contributed by atoms with Crippen LogP contribution in [-0.4, -0.2) is 28.5 Å². The van der Waals surface area contributed by atoms with Gasteiger partial charge in [-0.1, -0.05) is 44.2 Å². The number of hydrogen-bond donors (Lipinski definition) is 2. The van der Waals surface area contributed by atoms with Crippen LogP contribution in [0.1, 0.15) is 20.3 Å². The molecule has 1 unspecified atom stereocenters. The SMILES string of the molecule is CC(C)[C@H](N)C(=O)O.O=C(Cl)CCP(=O)(Cl)c1ccccc1. The molecule has 5 nitrogen and oxygen atoms in total. The maximum Gasteiger partial charge on any atom is 0.320 e. The Labute approximate surface area is 140 Å². The summed E-state index contributed by atoms with van der Waals surface area (Å²) in [4.78, 5) is 20.5. The monoisotopic (exact) mass is 367 g/mol. The molecule has 1 rings (SSSR count). The summed E-state index contributed by atoms with van der Waals surface area (Å²) in [6.07, 6.45) is 0.151. The van der Waals surface area contributed by atoms with E-state index in [0.717, 1.165) is 0 Å². The van der Waals surface area contributed by atoms with Crippen molar-refractivity contribution in [3.8, 4) is 0 Å². The van der Waals surface area contributed by atoms with Gasteiger partial charge in [-0.25, -0.2) is 0 Å². The minimum Gasteiger partial charge on any atom is -0.480 e. The van der Waals surface area contributed by atoms with Crippen LogP contribution in [-0.2, 0) is 14.2 Å². The van der Waals surface area contributed by atoms with Gasteiger partial charge in [0.2, 0.25) is 5.24 Å². The summed E-state index contributed by atoms with van der Waals surface area (Å²) in [5, 5.41) is 8.28. The molecule has 0 saturated carbocycles. The number of carboxylic acids is 1. The third kappa shape index (κ3) is 8.54. The zero-order valence-corrected chi connectivity index (χ0v) is 14.8. The summed E-state index contributed by atoms with van der Waals surface area (Å²) in [6, 6.07) is 7.99. The maximum absolute atomic E-state index is 11.9. The predicted octanol–water partition coefficient (Wildman–Crippen LogP) is 3.04. The highest BCUT2D eigenvalue weighted by molar-refractivity contribution is 7.95. The molecule has 3 N–H and O–H groups in total. The normalized spacial score (nSPS) is 14.5. The Morgan fingerprint density at radius 1 is 1.27 bits per heavy atom. The van der Waals surface area contributed by atoms with E-state index in [4.69, 9.17) is 33.7 Å². The summed E-state index contributed by atoms with van der Waals surface area (Å²) < 4.78 is 11.9. The Morgan fingerprint density at radius 3 is 2.09 bits per heavy atom. The summed E-state index contributed by atoms with van der Waals surface area (Å²) >= 11 is 11.0. The van der Waals surface area contributed by atoms with Crippen LogP contribution in [0.25, 0.3) is 0 Å². The first-order chi connectivity index (χ1) is 10.1. The maximum atomic E-state index is 11.9. The van der Waals surface area contributed by atoms with Crippen LogP contribution in [0.5, 0.6) is 0 Å². The van der Waals surface area contributed by atoms with E-state index in [1.54, 1.807) is 38.1 Å². The molecule has 8 heteroatoms. The van der Waals surface area contributed by atoms with Crippen LogP contribution in [0, 0.1) is 5.92 Å². The van der Waals surface area contributed by atoms with E-state index in [1.807, 2.05) is 6.07 Å². The molecular formula is C14H20Cl2NO4P. The summed E-state index contributed by atoms with van der Waals surface area (Å²) in [7, 11) is 0. The van der Waals surface area contributed by atoms with Crippen molar-refractivity contribution in [1.29, 1.82) is 0 Å². The van der Waals surface area contributed by atoms with E-state index in [2.05, 4.69) is 0 Å². The molecule has 0 spiro atoms. The van der Waals surface area contributed by atoms with Crippen LogP contribution < -0.4 is 11.0 Å². The third-order valence-corrected chi connectivity index (χ3v) is 5.89. The van der Waals surface area contributed by atoms with Gasteiger partial charge in [0.1, 0.15) is 6.04 Å². The first-order valence-electron chi connectivity index (χ1n) is 6.59. The van der Waals surface area contributed by atoms with Gasteiger partial charge in [-0.15, -0.1) is 0 Å². The summed E-state index contributed by atoms with van der Waals surface area (Å²) in [6.45, 7) is 0.621. The molecule has 0 fully saturated rings. The van der Waals surface area contributed by atoms with E-state index >= 15 is 0 Å². The minimum atomic E-state index is -2.93. The van der Waals surface area contributed by atoms with Crippen molar-refractivity contribution >= 4 is 45.9 Å². The van der Waals surface area contributed by atoms with Gasteiger partial charge < -0.3 is 15.4 Å². The van der Waals surface area contributed by atoms with E-state index < -0.39 is 23.7 Å². The number of hydrogen-bond acceptors (Lipinski definition) is 4. The largest absolute Gasteiger partial charge is 0.480 e. The van der Waals surface area contributed by atoms with Crippen molar-refractivity contribution in [2.24, 2.45) is 11.7 Å². The van der Waals surface area contributed by atoms with Gasteiger partial charge in [0.25, 0.3) is 0 Å². The lowest BCUT2D eigenvalue weighted by atomic mass is 10.1. The standard InChI is InChI=1S/C9H9Cl2O2P.C5H11NO2/c10-9(12)6-7-14(11,13)8-4-2-1-3-5-8;1-3(2)4(6)5(7)8/h1-5H,6-7H2;3-4H,6H2,1-2H3,(H,7,8)/t;4-/m.0/s1. The molecule has 0 heterocycles. The number of halogens is 2. The number of nitrogens with two attached hydrogens (primary N) is 1. The Kier molecular flexibility index (Phi) is 9.61. The predicted molar refractivity (Wildman–Crippen MR) is 90.3 cm³/mol. The molecule has 0 aliphatic carbocycles. The lowest BCUT2D eigenvalue weighted by molar-refractivity contribution is -0.139. The van der Waals surface area contributed by atoms with Gasteiger partial charge in [0.15, 0.2) is 6.49 Å². The minimum absolute atomic E-state index is 0.0208. The van der Waals surface area contributed by atoms with Gasteiger partial charge in [-0.2, -0.15) is 0 Å². The van der Waals surface area contributed by atoms with Crippen LogP contribution in [0.4, 0.5) is 0 Å². The van der Waals surface area contributed by atoms with E-state index in [1.165, 1.54) is 0 Å². The molecule has 124 valence electrons. The summed E-state index contributed by atoms with van der Waals surface area (Å²) in [5.41, 5.74) is 5.16. The first-order valence-corrected chi connectivity index (χ1v) is 9.76. The fourth-order valence-corrected chi connectivity index (χ4v) is 3.48. The molecule has 1 aromatic rings. The van der Waals surface area contributed by atoms with Gasteiger partial charge in [0.05, 0.1) is 0 Å². The fraction of sp³-hybridized carbons (Fsp3) is 0.429. The van der Waals surface area contributed by atoms with E-state index in [-0.39, 0.29) is 18.5 Å². The highest BCUT2D eigenvalue weighted by Gasteiger charge is 2.21. The van der Waals surface area contributed by atoms with Gasteiger partial charge in [-0.3, -0.25) is 9.59 Å². The van der Waals surface area contributed by atoms with Gasteiger partial charge in [0, 0.05) is 17.9 Å². The molecule has 0 amide bonds. The fourth-order valence-electron chi connectivity index (χ4n) is 1.30. The topological polar surface area (TPSA) is 97.5 Å². The quantitative estimate of drug-likeness (QED) is 0.594. The van der Waals surface area contributed by atoms with Crippen molar-refractivity contribution in [1.82, 2.24) is 0 Å². The number of carbonyl (C=O) groups excluding carboxylic acids is 1. The average Bonchev–Trinajstić information content (AvgIpc) is 2.46. The Morgan fingerprint density at radius 2 is 1.77 bits per heavy atom. The molecule has 1 aromatic carbocycles. The van der Waals surface area contributed by atoms with Crippen LogP contribution in [0.2, 0.25) is 0 Å². The van der Waals surface area contributed by atoms with Crippen molar-refractivity contribution in [3.63, 3.8) is 0 Å². The molecule has 0 radical (unpaired) electrons. The molecular weight excluding hydrogens is 348 g/mol. The van der Waals surface area contributed by atoms with Crippen LogP contribution in [0.15, 0.2) is 30.3 Å². The number of benzene rings is 1. The van der Waals surface area contributed by atoms with E-state index in [9.17, 15) is 14.2 Å². The average molecular weight is 368 g/mol. The number of rotatable bonds is 6. The van der Waals surface area contributed by atoms with Crippen molar-refractivity contribution < 1.29 is 19.3 Å². The molecule has 22 heavy (non-hydrogen) atoms. The van der Waals surface area contributed by atoms with E-state index in [0.29, 0.717) is 5.30 Å². The second kappa shape index (κ2) is 10.0. The molecule has 0 bridgehead atoms. The molecule has 0 saturated heterocycles. The molecule has 2 atom stereocenters. The van der Waals surface area contributed by atoms with Gasteiger partial charge in [-0.05, 0) is 28.8 Å². The third-order valence-electron chi connectivity index (χ3n) is 2.74. The molecule has 0 aliphatic heterocycles. The second-order valence-electron chi connectivity index (χ2n) is 4.92. The Balaban J connectivity index is 0.000000472. The number of aliphatic carboxylic acids is 1. The van der Waals surface area contributed by atoms with Crippen LogP contribution in [0.3, 0.4) is 0 Å². The lowest BCUT2D eigenvalue weighted by Gasteiger charge is -2.08. The highest BCUT2D eigenvalue weighted by atomic mass is 35.7. The molecule has 0 aromatic heterocycles. The highest BCUT2D eigenvalue weighted by Crippen LogP contribution is 2.50. The number of carboxylic acid groups (broad SMARTS) is 1. The first kappa shape index (κ1) is 21.1.